The van der Waals surface area contributed by atoms with E-state index < -0.39 is 10.0 Å². The SMILES string of the molecule is CCNc1ncccc1S(=O)(=O)NCc1ccnn1C. The molecule has 0 atom stereocenters. The molecule has 2 aromatic heterocycles. The molecule has 0 aliphatic rings. The Morgan fingerprint density at radius 3 is 2.75 bits per heavy atom. The van der Waals surface area contributed by atoms with Crippen molar-refractivity contribution in [3.05, 3.63) is 36.3 Å². The first kappa shape index (κ1) is 14.5. The van der Waals surface area contributed by atoms with Crippen molar-refractivity contribution in [2.75, 3.05) is 11.9 Å². The predicted molar refractivity (Wildman–Crippen MR) is 75.6 cm³/mol. The third-order valence-corrected chi connectivity index (χ3v) is 4.20. The van der Waals surface area contributed by atoms with Crippen LogP contribution < -0.4 is 10.0 Å². The van der Waals surface area contributed by atoms with Crippen LogP contribution in [0.4, 0.5) is 5.82 Å². The van der Waals surface area contributed by atoms with Crippen molar-refractivity contribution in [1.82, 2.24) is 19.5 Å². The molecule has 0 spiro atoms. The molecule has 8 heteroatoms. The van der Waals surface area contributed by atoms with Crippen molar-refractivity contribution in [2.24, 2.45) is 7.05 Å². The molecule has 0 saturated carbocycles. The van der Waals surface area contributed by atoms with Crippen molar-refractivity contribution in [2.45, 2.75) is 18.4 Å². The average Bonchev–Trinajstić information content (AvgIpc) is 2.83. The molecule has 20 heavy (non-hydrogen) atoms. The maximum atomic E-state index is 12.3. The van der Waals surface area contributed by atoms with Gasteiger partial charge in [0.1, 0.15) is 10.7 Å². The number of hydrogen-bond donors (Lipinski definition) is 2. The summed E-state index contributed by atoms with van der Waals surface area (Å²) in [5.74, 6) is 0.354. The largest absolute Gasteiger partial charge is 0.369 e. The summed E-state index contributed by atoms with van der Waals surface area (Å²) >= 11 is 0. The highest BCUT2D eigenvalue weighted by Crippen LogP contribution is 2.17. The van der Waals surface area contributed by atoms with Gasteiger partial charge in [0.25, 0.3) is 0 Å². The van der Waals surface area contributed by atoms with Gasteiger partial charge in [-0.15, -0.1) is 0 Å². The van der Waals surface area contributed by atoms with Crippen molar-refractivity contribution in [3.63, 3.8) is 0 Å². The molecule has 2 rings (SSSR count). The molecule has 2 N–H and O–H groups in total. The van der Waals surface area contributed by atoms with Gasteiger partial charge in [0.2, 0.25) is 10.0 Å². The average molecular weight is 295 g/mol. The first-order valence-electron chi connectivity index (χ1n) is 6.20. The van der Waals surface area contributed by atoms with Crippen LogP contribution in [-0.2, 0) is 23.6 Å². The molecular weight excluding hydrogens is 278 g/mol. The number of aromatic nitrogens is 3. The van der Waals surface area contributed by atoms with Crippen LogP contribution >= 0.6 is 0 Å². The molecule has 0 amide bonds. The van der Waals surface area contributed by atoms with Crippen LogP contribution in [0.25, 0.3) is 0 Å². The summed E-state index contributed by atoms with van der Waals surface area (Å²) in [5, 5.41) is 6.93. The van der Waals surface area contributed by atoms with E-state index in [4.69, 9.17) is 0 Å². The van der Waals surface area contributed by atoms with E-state index >= 15 is 0 Å². The Morgan fingerprint density at radius 2 is 2.10 bits per heavy atom. The Hall–Kier alpha value is -1.93. The molecule has 0 unspecified atom stereocenters. The molecule has 0 aromatic carbocycles. The second kappa shape index (κ2) is 6.02. The molecule has 2 aromatic rings. The first-order chi connectivity index (χ1) is 9.54. The van der Waals surface area contributed by atoms with Crippen LogP contribution in [-0.4, -0.2) is 29.7 Å². The lowest BCUT2D eigenvalue weighted by Gasteiger charge is -2.11. The standard InChI is InChI=1S/C12H17N5O2S/c1-3-13-12-11(5-4-7-14-12)20(18,19)16-9-10-6-8-15-17(10)2/h4-8,16H,3,9H2,1-2H3,(H,13,14). The topological polar surface area (TPSA) is 88.9 Å². The van der Waals surface area contributed by atoms with E-state index in [-0.39, 0.29) is 11.4 Å². The zero-order valence-corrected chi connectivity index (χ0v) is 12.2. The minimum Gasteiger partial charge on any atom is -0.369 e. The van der Waals surface area contributed by atoms with Crippen LogP contribution in [0, 0.1) is 0 Å². The quantitative estimate of drug-likeness (QED) is 0.820. The van der Waals surface area contributed by atoms with Gasteiger partial charge in [-0.25, -0.2) is 18.1 Å². The van der Waals surface area contributed by atoms with Crippen molar-refractivity contribution in [1.29, 1.82) is 0 Å². The Balaban J connectivity index is 2.20. The minimum atomic E-state index is -3.62. The highest BCUT2D eigenvalue weighted by molar-refractivity contribution is 7.89. The van der Waals surface area contributed by atoms with E-state index in [9.17, 15) is 8.42 Å². The van der Waals surface area contributed by atoms with E-state index in [1.165, 1.54) is 6.07 Å². The monoisotopic (exact) mass is 295 g/mol. The Bertz CT molecular complexity index is 681. The third kappa shape index (κ3) is 3.14. The highest BCUT2D eigenvalue weighted by Gasteiger charge is 2.19. The number of aryl methyl sites for hydroxylation is 1. The molecule has 0 fully saturated rings. The summed E-state index contributed by atoms with van der Waals surface area (Å²) in [6.45, 7) is 2.66. The highest BCUT2D eigenvalue weighted by atomic mass is 32.2. The number of hydrogen-bond acceptors (Lipinski definition) is 5. The molecule has 0 radical (unpaired) electrons. The molecule has 2 heterocycles. The van der Waals surface area contributed by atoms with Gasteiger partial charge in [0.15, 0.2) is 0 Å². The Morgan fingerprint density at radius 1 is 1.30 bits per heavy atom. The molecule has 0 aliphatic carbocycles. The summed E-state index contributed by atoms with van der Waals surface area (Å²) in [6.07, 6.45) is 3.18. The van der Waals surface area contributed by atoms with E-state index in [0.717, 1.165) is 5.69 Å². The fraction of sp³-hybridized carbons (Fsp3) is 0.333. The lowest BCUT2D eigenvalue weighted by Crippen LogP contribution is -2.25. The van der Waals surface area contributed by atoms with E-state index in [1.54, 1.807) is 36.3 Å². The smallest absolute Gasteiger partial charge is 0.244 e. The molecule has 0 aliphatic heterocycles. The summed E-state index contributed by atoms with van der Waals surface area (Å²) < 4.78 is 28.8. The van der Waals surface area contributed by atoms with Crippen molar-refractivity contribution >= 4 is 15.8 Å². The fourth-order valence-electron chi connectivity index (χ4n) is 1.73. The summed E-state index contributed by atoms with van der Waals surface area (Å²) in [7, 11) is -1.86. The summed E-state index contributed by atoms with van der Waals surface area (Å²) in [5.41, 5.74) is 0.780. The second-order valence-electron chi connectivity index (χ2n) is 4.15. The van der Waals surface area contributed by atoms with Crippen molar-refractivity contribution in [3.8, 4) is 0 Å². The van der Waals surface area contributed by atoms with Crippen LogP contribution in [0.3, 0.4) is 0 Å². The maximum absolute atomic E-state index is 12.3. The third-order valence-electron chi connectivity index (χ3n) is 2.77. The molecule has 108 valence electrons. The van der Waals surface area contributed by atoms with Crippen LogP contribution in [0.1, 0.15) is 12.6 Å². The molecular formula is C12H17N5O2S. The number of nitrogens with one attached hydrogen (secondary N) is 2. The molecule has 7 nitrogen and oxygen atoms in total. The zero-order chi connectivity index (χ0) is 14.6. The summed E-state index contributed by atoms with van der Waals surface area (Å²) in [6, 6.07) is 4.88. The number of nitrogens with zero attached hydrogens (tertiary/aromatic N) is 3. The minimum absolute atomic E-state index is 0.143. The van der Waals surface area contributed by atoms with Gasteiger partial charge in [0, 0.05) is 26.0 Å². The van der Waals surface area contributed by atoms with Gasteiger partial charge < -0.3 is 5.32 Å². The van der Waals surface area contributed by atoms with E-state index in [2.05, 4.69) is 20.1 Å². The first-order valence-corrected chi connectivity index (χ1v) is 7.68. The number of rotatable bonds is 6. The van der Waals surface area contributed by atoms with Gasteiger partial charge in [-0.3, -0.25) is 4.68 Å². The van der Waals surface area contributed by atoms with Gasteiger partial charge in [-0.05, 0) is 25.1 Å². The lowest BCUT2D eigenvalue weighted by molar-refractivity contribution is 0.577. The maximum Gasteiger partial charge on any atom is 0.244 e. The molecule has 0 saturated heterocycles. The molecule has 0 bridgehead atoms. The zero-order valence-electron chi connectivity index (χ0n) is 11.4. The van der Waals surface area contributed by atoms with Crippen LogP contribution in [0.15, 0.2) is 35.5 Å². The fourth-order valence-corrected chi connectivity index (χ4v) is 2.86. The lowest BCUT2D eigenvalue weighted by atomic mass is 10.4. The van der Waals surface area contributed by atoms with Crippen LogP contribution in [0.2, 0.25) is 0 Å². The number of pyridine rings is 1. The normalized spacial score (nSPS) is 11.5. The Labute approximate surface area is 118 Å². The summed E-state index contributed by atoms with van der Waals surface area (Å²) in [4.78, 5) is 4.19. The van der Waals surface area contributed by atoms with Gasteiger partial charge in [0.05, 0.1) is 12.2 Å². The van der Waals surface area contributed by atoms with Crippen molar-refractivity contribution < 1.29 is 8.42 Å². The number of sulfonamides is 1. The Kier molecular flexibility index (Phi) is 4.35. The van der Waals surface area contributed by atoms with E-state index in [1.807, 2.05) is 6.92 Å². The second-order valence-corrected chi connectivity index (χ2v) is 5.89. The van der Waals surface area contributed by atoms with Gasteiger partial charge >= 0.3 is 0 Å². The predicted octanol–water partition coefficient (Wildman–Crippen LogP) is 0.725. The van der Waals surface area contributed by atoms with E-state index in [0.29, 0.717) is 12.4 Å². The van der Waals surface area contributed by atoms with Crippen LogP contribution in [0.5, 0.6) is 0 Å². The van der Waals surface area contributed by atoms with Gasteiger partial charge in [-0.1, -0.05) is 0 Å². The van der Waals surface area contributed by atoms with Gasteiger partial charge in [-0.2, -0.15) is 5.10 Å². The number of anilines is 1.